The molecule has 7 heterocycles. The van der Waals surface area contributed by atoms with Gasteiger partial charge in [-0.05, 0) is 59.8 Å². The summed E-state index contributed by atoms with van der Waals surface area (Å²) in [6, 6.07) is 0.868. The second-order valence-corrected chi connectivity index (χ2v) is 20.1. The number of nitrogens with zero attached hydrogens (tertiary/aromatic N) is 14. The highest BCUT2D eigenvalue weighted by Crippen LogP contribution is 2.36. The third-order valence-corrected chi connectivity index (χ3v) is 13.4. The first-order valence-electron chi connectivity index (χ1n) is 25.4. The van der Waals surface area contributed by atoms with E-state index in [2.05, 4.69) is 108 Å². The average Bonchev–Trinajstić information content (AvgIpc) is 1.77. The fraction of sp³-hybridized carbons (Fsp3) is 0.200. The Morgan fingerprint density at radius 3 is 1.90 bits per heavy atom. The number of hydrogen-bond donors (Lipinski definition) is 13. The number of rotatable bonds is 10. The van der Waals surface area contributed by atoms with E-state index in [1.807, 2.05) is 0 Å². The molecule has 0 radical (unpaired) electrons. The fourth-order valence-corrected chi connectivity index (χ4v) is 8.90. The van der Waals surface area contributed by atoms with Gasteiger partial charge in [0, 0.05) is 23.4 Å². The van der Waals surface area contributed by atoms with Crippen molar-refractivity contribution in [3.63, 3.8) is 0 Å². The van der Waals surface area contributed by atoms with Gasteiger partial charge in [-0.2, -0.15) is 0 Å². The minimum atomic E-state index is -1.73. The van der Waals surface area contributed by atoms with E-state index in [-0.39, 0.29) is 107 Å². The number of aliphatic imine (C=N–C) groups is 8. The van der Waals surface area contributed by atoms with Crippen LogP contribution in [0.2, 0.25) is 0 Å². The third-order valence-electron chi connectivity index (χ3n) is 11.6. The van der Waals surface area contributed by atoms with Gasteiger partial charge in [0.1, 0.15) is 89.9 Å². The van der Waals surface area contributed by atoms with E-state index >= 15 is 0 Å². The van der Waals surface area contributed by atoms with Crippen molar-refractivity contribution in [2.24, 2.45) is 39.9 Å². The van der Waals surface area contributed by atoms with Crippen LogP contribution in [0.4, 0.5) is 0 Å². The number of carbonyl (C=O) groups is 1. The normalized spacial score (nSPS) is 17.6. The summed E-state index contributed by atoms with van der Waals surface area (Å²) in [5, 5.41) is 132. The first-order valence-corrected chi connectivity index (χ1v) is 27.1. The highest BCUT2D eigenvalue weighted by molar-refractivity contribution is 7.13. The van der Waals surface area contributed by atoms with Gasteiger partial charge < -0.3 is 79.5 Å². The zero-order valence-electron chi connectivity index (χ0n) is 47.8. The number of allylic oxidation sites excluding steroid dienone is 1. The zero-order valence-corrected chi connectivity index (χ0v) is 49.5. The van der Waals surface area contributed by atoms with E-state index in [0.29, 0.717) is 0 Å². The number of oxazole rings is 3. The highest BCUT2D eigenvalue weighted by atomic mass is 32.1. The maximum absolute atomic E-state index is 13.8. The van der Waals surface area contributed by atoms with Crippen LogP contribution in [-0.2, 0) is 4.74 Å². The third kappa shape index (κ3) is 15.3. The number of methoxy groups -OCH3 is 1. The van der Waals surface area contributed by atoms with E-state index in [1.165, 1.54) is 70.7 Å². The molecule has 7 rings (SSSR count). The Morgan fingerprint density at radius 2 is 1.27 bits per heavy atom. The number of nitrogens with one attached hydrogen (secondary N) is 2. The number of aliphatic hydroxyl groups is 11. The van der Waals surface area contributed by atoms with E-state index in [9.17, 15) is 61.0 Å². The fourth-order valence-electron chi connectivity index (χ4n) is 7.27. The van der Waals surface area contributed by atoms with Crippen molar-refractivity contribution in [2.45, 2.75) is 66.0 Å². The smallest absolute Gasteiger partial charge is 0.274 e. The second kappa shape index (κ2) is 27.4. The molecule has 0 saturated heterocycles. The largest absolute Gasteiger partial charge is 0.495 e. The summed E-state index contributed by atoms with van der Waals surface area (Å²) in [5.74, 6) is -9.74. The average molecular weight is 1260 g/mol. The summed E-state index contributed by atoms with van der Waals surface area (Å²) < 4.78 is 23.0. The molecule has 1 unspecified atom stereocenters. The van der Waals surface area contributed by atoms with Gasteiger partial charge in [-0.15, -0.1) is 22.7 Å². The lowest BCUT2D eigenvalue weighted by Crippen LogP contribution is -2.31. The monoisotopic (exact) mass is 1260 g/mol. The zero-order chi connectivity index (χ0) is 65.5. The quantitative estimate of drug-likeness (QED) is 0.0454. The van der Waals surface area contributed by atoms with Gasteiger partial charge in [0.15, 0.2) is 17.4 Å². The van der Waals surface area contributed by atoms with Gasteiger partial charge in [-0.25, -0.2) is 69.8 Å². The molecular weight excluding hydrogens is 1200 g/mol. The Bertz CT molecular complexity index is 4220. The molecule has 32 nitrogen and oxygen atoms in total. The van der Waals surface area contributed by atoms with Crippen LogP contribution in [0.1, 0.15) is 100 Å². The van der Waals surface area contributed by atoms with E-state index < -0.39 is 106 Å². The molecule has 0 aliphatic carbocycles. The summed E-state index contributed by atoms with van der Waals surface area (Å²) in [4.78, 5) is 72.1. The SMILES string of the molecule is C=C(N=C(O)C(=C)N=C(O)C(=C)NC(=O)c1ccc2c(n1)-c1nc(oc1C)C(=C)N=C(O)C(=C)N=C(O)c1nc(oc1C)/C(=C/C)N=C(O)c1csc(n1)[C@H](OC)N=C(O)c1nc(oc1C)C(=CC(C)O)N=C(O)[C@H]([C@@H](C)O)N=C(O)c1csc-2n1)C(=N)O. The number of aryl methyl sites for hydroxylation is 3. The molecule has 0 fully saturated rings. The summed E-state index contributed by atoms with van der Waals surface area (Å²) in [6.45, 7) is 26.2. The number of aromatic nitrogens is 6. The number of aliphatic hydroxyl groups excluding tert-OH is 11. The first-order chi connectivity index (χ1) is 42.0. The Balaban J connectivity index is 1.35. The number of amides is 1. The van der Waals surface area contributed by atoms with Gasteiger partial charge in [-0.1, -0.05) is 39.0 Å². The van der Waals surface area contributed by atoms with Crippen molar-refractivity contribution in [1.29, 1.82) is 5.41 Å². The number of thiazole rings is 2. The lowest BCUT2D eigenvalue weighted by molar-refractivity contribution is 0.0962. The number of carbonyl (C=O) groups excluding carboxylic acids is 1. The molecule has 89 heavy (non-hydrogen) atoms. The van der Waals surface area contributed by atoms with Crippen LogP contribution >= 0.6 is 22.7 Å². The van der Waals surface area contributed by atoms with Crippen molar-refractivity contribution in [1.82, 2.24) is 35.2 Å². The molecule has 1 aliphatic rings. The molecule has 0 aromatic carbocycles. The number of fused-ring (bicyclic) bond motifs is 13. The van der Waals surface area contributed by atoms with Crippen LogP contribution in [0.3, 0.4) is 0 Å². The summed E-state index contributed by atoms with van der Waals surface area (Å²) in [7, 11) is 1.27. The Morgan fingerprint density at radius 1 is 0.685 bits per heavy atom. The minimum absolute atomic E-state index is 0.0116. The molecule has 34 heteroatoms. The molecule has 6 aromatic rings. The lowest BCUT2D eigenvalue weighted by Gasteiger charge is -2.14. The molecule has 1 amide bonds. The number of ether oxygens (including phenoxy) is 1. The van der Waals surface area contributed by atoms with Gasteiger partial charge in [0.2, 0.25) is 77.0 Å². The van der Waals surface area contributed by atoms with Crippen LogP contribution in [0, 0.1) is 26.2 Å². The van der Waals surface area contributed by atoms with Gasteiger partial charge in [-0.3, -0.25) is 10.2 Å². The molecule has 1 aliphatic heterocycles. The van der Waals surface area contributed by atoms with E-state index in [4.69, 9.17) is 23.4 Å². The van der Waals surface area contributed by atoms with Crippen molar-refractivity contribution in [3.05, 3.63) is 159 Å². The molecular formula is C55H54N16O16S2. The van der Waals surface area contributed by atoms with Crippen LogP contribution < -0.4 is 5.32 Å². The topological polar surface area (TPSA) is 500 Å². The molecule has 4 atom stereocenters. The molecule has 0 spiro atoms. The summed E-state index contributed by atoms with van der Waals surface area (Å²) >= 11 is 1.88. The standard InChI is InChI=1S/C55H54N16O16S2/c1-13-30-51-69-37(27(10)86-51)48(82)60-23(6)43(77)61-24(7)50-68-36(26(9)85-50)39-29(14-15-31(62-39)44(78)59-22(5)42(76)58-21(4)41(75)57-20(3)40(56)74)54-65-34(17-88-54)46(80)67-35(25(8)73)47(81)64-32(16-19(2)72)52-70-38(28(11)87-52)49(83)71-53(84-12)55-66-33(18-89-55)45(79)63-30/h13-19,25,35,53,72-73H,3-7H2,1-2,8-12H3,(H2,56,74)(H,57,75)(H,58,76)(H,59,78)(H,60,82)(H,61,77)(H,63,79)(H,64,81)(H,67,80)(H,71,83)/b30-13-,32-16?/t19?,25-,35+,53+/m1/s1. The second-order valence-electron chi connectivity index (χ2n) is 18.3. The first kappa shape index (κ1) is 65.3. The Labute approximate surface area is 510 Å². The van der Waals surface area contributed by atoms with Crippen molar-refractivity contribution >= 4 is 98.8 Å². The van der Waals surface area contributed by atoms with Crippen LogP contribution in [0.25, 0.3) is 39.1 Å². The molecule has 0 saturated carbocycles. The van der Waals surface area contributed by atoms with Gasteiger partial charge >= 0.3 is 0 Å². The van der Waals surface area contributed by atoms with Crippen LogP contribution in [0.5, 0.6) is 0 Å². The maximum atomic E-state index is 13.8. The molecule has 462 valence electrons. The van der Waals surface area contributed by atoms with Crippen molar-refractivity contribution < 1.29 is 79.0 Å². The summed E-state index contributed by atoms with van der Waals surface area (Å²) in [6.07, 6.45) is -1.60. The van der Waals surface area contributed by atoms with E-state index in [0.717, 1.165) is 28.7 Å². The minimum Gasteiger partial charge on any atom is -0.495 e. The van der Waals surface area contributed by atoms with Crippen molar-refractivity contribution in [2.75, 3.05) is 7.11 Å². The van der Waals surface area contributed by atoms with Crippen molar-refractivity contribution in [3.8, 4) is 22.0 Å². The van der Waals surface area contributed by atoms with Crippen LogP contribution in [0.15, 0.2) is 144 Å². The predicted molar refractivity (Wildman–Crippen MR) is 329 cm³/mol. The predicted octanol–water partition coefficient (Wildman–Crippen LogP) is 8.14. The Kier molecular flexibility index (Phi) is 20.2. The maximum Gasteiger partial charge on any atom is 0.274 e. The number of pyridine rings is 1. The molecule has 6 aromatic heterocycles. The van der Waals surface area contributed by atoms with Crippen LogP contribution in [-0.4, -0.2) is 170 Å². The van der Waals surface area contributed by atoms with E-state index in [1.54, 1.807) is 6.92 Å². The van der Waals surface area contributed by atoms with Gasteiger partial charge in [0.25, 0.3) is 5.91 Å². The molecule has 10 bridgehead atoms. The highest BCUT2D eigenvalue weighted by Gasteiger charge is 2.29. The Hall–Kier alpha value is -11.2. The van der Waals surface area contributed by atoms with Gasteiger partial charge in [0.05, 0.1) is 17.9 Å². The lowest BCUT2D eigenvalue weighted by atomic mass is 10.1. The number of hydrogen-bond acceptors (Lipinski definition) is 24. The summed E-state index contributed by atoms with van der Waals surface area (Å²) in [5.41, 5.74) is -4.14. The molecule has 13 N–H and O–H groups in total.